The summed E-state index contributed by atoms with van der Waals surface area (Å²) in [4.78, 5) is 15.0. The molecule has 2 aromatic rings. The zero-order valence-electron chi connectivity index (χ0n) is 19.0. The fourth-order valence-corrected chi connectivity index (χ4v) is 5.58. The van der Waals surface area contributed by atoms with E-state index in [4.69, 9.17) is 5.10 Å². The summed E-state index contributed by atoms with van der Waals surface area (Å²) in [5.74, 6) is 1.23. The number of allylic oxidation sites excluding steroid dienone is 1. The summed E-state index contributed by atoms with van der Waals surface area (Å²) >= 11 is 0. The lowest BCUT2D eigenvalue weighted by Crippen LogP contribution is -3.14. The molecule has 2 atom stereocenters. The van der Waals surface area contributed by atoms with E-state index in [0.717, 1.165) is 44.0 Å². The molecule has 3 aliphatic rings. The fraction of sp³-hybridized carbons (Fsp3) is 0.429. The highest BCUT2D eigenvalue weighted by atomic mass is 16.2. The zero-order valence-corrected chi connectivity index (χ0v) is 19.0. The number of nitrogens with one attached hydrogen (secondary N) is 1. The van der Waals surface area contributed by atoms with Crippen molar-refractivity contribution in [2.75, 3.05) is 19.6 Å². The summed E-state index contributed by atoms with van der Waals surface area (Å²) in [7, 11) is 0. The summed E-state index contributed by atoms with van der Waals surface area (Å²) in [6, 6.07) is 21.0. The number of piperidine rings is 1. The van der Waals surface area contributed by atoms with Crippen LogP contribution in [-0.2, 0) is 4.79 Å². The molecule has 4 heteroatoms. The second-order valence-electron chi connectivity index (χ2n) is 9.77. The second-order valence-corrected chi connectivity index (χ2v) is 9.77. The highest BCUT2D eigenvalue weighted by molar-refractivity contribution is 6.08. The van der Waals surface area contributed by atoms with E-state index >= 15 is 0 Å². The number of amides is 1. The van der Waals surface area contributed by atoms with Gasteiger partial charge in [-0.05, 0) is 60.8 Å². The minimum Gasteiger partial charge on any atom is -0.327 e. The topological polar surface area (TPSA) is 37.1 Å². The van der Waals surface area contributed by atoms with Gasteiger partial charge in [0.05, 0.1) is 24.8 Å². The molecule has 166 valence electrons. The molecule has 1 saturated carbocycles. The number of carbonyl (C=O) groups is 1. The van der Waals surface area contributed by atoms with Gasteiger partial charge < -0.3 is 4.90 Å². The molecule has 2 fully saturated rings. The average molecular weight is 429 g/mol. The molecule has 4 nitrogen and oxygen atoms in total. The van der Waals surface area contributed by atoms with E-state index in [2.05, 4.69) is 61.5 Å². The minimum absolute atomic E-state index is 0.0151. The fourth-order valence-electron chi connectivity index (χ4n) is 5.58. The van der Waals surface area contributed by atoms with Crippen LogP contribution < -0.4 is 4.90 Å². The summed E-state index contributed by atoms with van der Waals surface area (Å²) < 4.78 is 0. The first-order valence-corrected chi connectivity index (χ1v) is 12.2. The van der Waals surface area contributed by atoms with Gasteiger partial charge in [-0.15, -0.1) is 0 Å². The van der Waals surface area contributed by atoms with Gasteiger partial charge in [-0.25, -0.2) is 5.01 Å². The second kappa shape index (κ2) is 9.41. The molecule has 0 aromatic heterocycles. The van der Waals surface area contributed by atoms with E-state index in [1.54, 1.807) is 0 Å². The van der Waals surface area contributed by atoms with Crippen LogP contribution in [0.1, 0.15) is 56.2 Å². The number of nitrogens with zero attached hydrogens (tertiary/aromatic N) is 2. The quantitative estimate of drug-likeness (QED) is 0.781. The number of rotatable bonds is 4. The smallest absolute Gasteiger partial charge is 0.298 e. The van der Waals surface area contributed by atoms with E-state index in [9.17, 15) is 4.79 Å². The highest BCUT2D eigenvalue weighted by Gasteiger charge is 2.44. The van der Waals surface area contributed by atoms with Gasteiger partial charge >= 0.3 is 0 Å². The third-order valence-corrected chi connectivity index (χ3v) is 7.42. The van der Waals surface area contributed by atoms with Crippen molar-refractivity contribution < 1.29 is 9.69 Å². The van der Waals surface area contributed by atoms with Crippen molar-refractivity contribution in [3.8, 4) is 0 Å². The first-order chi connectivity index (χ1) is 15.7. The standard InChI is InChI=1S/C28H33N3O/c1-21-15-17-30(18-16-21)20-26(32)31-28(23-11-6-3-7-12-23)25-14-8-13-24(27(25)29-31)19-22-9-4-2-5-10-22/h2-7,9-12,19,21,25,28H,8,13-18,20H2,1H3/p+1/b24-19+/t25-,28-/m0/s1. The van der Waals surface area contributed by atoms with Crippen LogP contribution >= 0.6 is 0 Å². The Kier molecular flexibility index (Phi) is 6.22. The Balaban J connectivity index is 1.45. The van der Waals surface area contributed by atoms with E-state index in [1.807, 2.05) is 17.1 Å². The lowest BCUT2D eigenvalue weighted by molar-refractivity contribution is -0.898. The Labute approximate surface area is 191 Å². The van der Waals surface area contributed by atoms with Crippen molar-refractivity contribution in [3.05, 3.63) is 77.4 Å². The first kappa shape index (κ1) is 21.1. The van der Waals surface area contributed by atoms with Crippen molar-refractivity contribution >= 4 is 17.7 Å². The molecule has 0 bridgehead atoms. The number of hydrogen-bond acceptors (Lipinski definition) is 2. The van der Waals surface area contributed by atoms with E-state index < -0.39 is 0 Å². The van der Waals surface area contributed by atoms with Gasteiger partial charge in [0.2, 0.25) is 0 Å². The molecule has 5 rings (SSSR count). The summed E-state index contributed by atoms with van der Waals surface area (Å²) in [6.07, 6.45) is 7.96. The molecule has 1 saturated heterocycles. The molecule has 1 aliphatic carbocycles. The molecule has 0 unspecified atom stereocenters. The molecular weight excluding hydrogens is 394 g/mol. The van der Waals surface area contributed by atoms with Crippen LogP contribution in [0.3, 0.4) is 0 Å². The number of hydrogen-bond donors (Lipinski definition) is 1. The maximum Gasteiger partial charge on any atom is 0.298 e. The van der Waals surface area contributed by atoms with Crippen molar-refractivity contribution in [3.63, 3.8) is 0 Å². The molecule has 1 amide bonds. The number of carbonyl (C=O) groups excluding carboxylic acids is 1. The van der Waals surface area contributed by atoms with Gasteiger partial charge in [0.25, 0.3) is 5.91 Å². The Morgan fingerprint density at radius 1 is 1.03 bits per heavy atom. The molecule has 2 aliphatic heterocycles. The van der Waals surface area contributed by atoms with Crippen LogP contribution in [0.25, 0.3) is 6.08 Å². The van der Waals surface area contributed by atoms with Gasteiger partial charge in [-0.1, -0.05) is 67.6 Å². The van der Waals surface area contributed by atoms with Gasteiger partial charge in [0.15, 0.2) is 6.54 Å². The maximum absolute atomic E-state index is 13.6. The lowest BCUT2D eigenvalue weighted by atomic mass is 9.77. The third-order valence-electron chi connectivity index (χ3n) is 7.42. The largest absolute Gasteiger partial charge is 0.327 e. The van der Waals surface area contributed by atoms with Gasteiger partial charge in [0, 0.05) is 5.92 Å². The van der Waals surface area contributed by atoms with Crippen molar-refractivity contribution in [2.45, 2.75) is 45.1 Å². The van der Waals surface area contributed by atoms with E-state index in [1.165, 1.54) is 34.4 Å². The first-order valence-electron chi connectivity index (χ1n) is 12.2. The third kappa shape index (κ3) is 4.42. The lowest BCUT2D eigenvalue weighted by Gasteiger charge is -2.31. The number of benzene rings is 2. The maximum atomic E-state index is 13.6. The van der Waals surface area contributed by atoms with Gasteiger partial charge in [-0.2, -0.15) is 5.10 Å². The average Bonchev–Trinajstić information content (AvgIpc) is 3.23. The Morgan fingerprint density at radius 3 is 2.44 bits per heavy atom. The molecule has 0 spiro atoms. The van der Waals surface area contributed by atoms with E-state index in [-0.39, 0.29) is 17.9 Å². The Bertz CT molecular complexity index is 990. The van der Waals surface area contributed by atoms with Crippen LogP contribution in [0.4, 0.5) is 0 Å². The molecule has 32 heavy (non-hydrogen) atoms. The summed E-state index contributed by atoms with van der Waals surface area (Å²) in [5, 5.41) is 6.90. The molecule has 0 radical (unpaired) electrons. The van der Waals surface area contributed by atoms with Crippen LogP contribution in [0.2, 0.25) is 0 Å². The molecule has 2 heterocycles. The molecule has 1 N–H and O–H groups in total. The Hall–Kier alpha value is -2.72. The SMILES string of the molecule is CC1CC[NH+](CC(=O)N2N=C3/C(=C/c4ccccc4)CCC[C@@H]3[C@@H]2c2ccccc2)CC1. The number of hydrazone groups is 1. The van der Waals surface area contributed by atoms with Crippen LogP contribution in [0.5, 0.6) is 0 Å². The van der Waals surface area contributed by atoms with Crippen LogP contribution in [0, 0.1) is 11.8 Å². The van der Waals surface area contributed by atoms with Crippen molar-refractivity contribution in [1.82, 2.24) is 5.01 Å². The predicted octanol–water partition coefficient (Wildman–Crippen LogP) is 4.12. The van der Waals surface area contributed by atoms with Crippen LogP contribution in [0.15, 0.2) is 71.3 Å². The summed E-state index contributed by atoms with van der Waals surface area (Å²) in [5.41, 5.74) is 4.83. The van der Waals surface area contributed by atoms with E-state index in [0.29, 0.717) is 6.54 Å². The normalized spacial score (nSPS) is 29.0. The van der Waals surface area contributed by atoms with Crippen molar-refractivity contribution in [2.24, 2.45) is 16.9 Å². The number of likely N-dealkylation sites (tertiary alicyclic amines) is 1. The van der Waals surface area contributed by atoms with Gasteiger partial charge in [0.1, 0.15) is 0 Å². The molecular formula is C28H34N3O+. The number of quaternary nitrogens is 1. The van der Waals surface area contributed by atoms with Crippen molar-refractivity contribution in [1.29, 1.82) is 0 Å². The van der Waals surface area contributed by atoms with Gasteiger partial charge in [-0.3, -0.25) is 4.79 Å². The number of fused-ring (bicyclic) bond motifs is 1. The molecule has 2 aromatic carbocycles. The van der Waals surface area contributed by atoms with Crippen LogP contribution in [-0.4, -0.2) is 36.3 Å². The monoisotopic (exact) mass is 428 g/mol. The predicted molar refractivity (Wildman–Crippen MR) is 129 cm³/mol. The Morgan fingerprint density at radius 2 is 1.72 bits per heavy atom. The minimum atomic E-state index is 0.0151. The highest BCUT2D eigenvalue weighted by Crippen LogP contribution is 2.44. The summed E-state index contributed by atoms with van der Waals surface area (Å²) in [6.45, 7) is 5.06. The zero-order chi connectivity index (χ0) is 21.9.